The number of benzene rings is 2. The normalized spacial score (nSPS) is 11.7. The van der Waals surface area contributed by atoms with Gasteiger partial charge in [-0.15, -0.1) is 0 Å². The van der Waals surface area contributed by atoms with E-state index in [1.807, 2.05) is 50.2 Å². The maximum absolute atomic E-state index is 12.7. The number of rotatable bonds is 6. The van der Waals surface area contributed by atoms with Gasteiger partial charge in [-0.3, -0.25) is 4.57 Å². The molecule has 0 N–H and O–H groups in total. The number of hydrogen-bond acceptors (Lipinski definition) is 2. The summed E-state index contributed by atoms with van der Waals surface area (Å²) in [5.74, 6) is 0.726. The highest BCUT2D eigenvalue weighted by Crippen LogP contribution is 2.48. The molecule has 0 radical (unpaired) electrons. The monoisotopic (exact) mass is 276 g/mol. The molecule has 102 valence electrons. The summed E-state index contributed by atoms with van der Waals surface area (Å²) in [5, 5.41) is 2.30. The molecule has 3 heteroatoms. The Morgan fingerprint density at radius 2 is 1.58 bits per heavy atom. The molecule has 2 aromatic rings. The van der Waals surface area contributed by atoms with Gasteiger partial charge in [-0.05, 0) is 35.7 Å². The first-order valence-corrected chi connectivity index (χ1v) is 8.93. The largest absolute Gasteiger partial charge is 0.443 e. The zero-order valence-corrected chi connectivity index (χ0v) is 12.5. The average Bonchev–Trinajstić information content (AvgIpc) is 2.39. The Bertz CT molecular complexity index is 582. The molecule has 0 amide bonds. The molecule has 0 atom stereocenters. The van der Waals surface area contributed by atoms with Crippen molar-refractivity contribution in [1.29, 1.82) is 0 Å². The van der Waals surface area contributed by atoms with Crippen molar-refractivity contribution < 1.29 is 9.09 Å². The Morgan fingerprint density at radius 3 is 2.21 bits per heavy atom. The average molecular weight is 276 g/mol. The van der Waals surface area contributed by atoms with Crippen LogP contribution < -0.4 is 4.52 Å². The lowest BCUT2D eigenvalue weighted by Gasteiger charge is -2.18. The van der Waals surface area contributed by atoms with Crippen LogP contribution in [-0.2, 0) is 4.57 Å². The predicted molar refractivity (Wildman–Crippen MR) is 82.5 cm³/mol. The molecule has 0 spiro atoms. The summed E-state index contributed by atoms with van der Waals surface area (Å²) in [5.41, 5.74) is 0. The Kier molecular flexibility index (Phi) is 4.66. The Morgan fingerprint density at radius 1 is 0.947 bits per heavy atom. The molecule has 2 aromatic carbocycles. The van der Waals surface area contributed by atoms with Crippen molar-refractivity contribution in [3.63, 3.8) is 0 Å². The zero-order chi connectivity index (χ0) is 13.7. The van der Waals surface area contributed by atoms with Crippen LogP contribution in [0.4, 0.5) is 0 Å². The van der Waals surface area contributed by atoms with Crippen LogP contribution in [0.5, 0.6) is 5.75 Å². The van der Waals surface area contributed by atoms with Crippen molar-refractivity contribution in [3.05, 3.63) is 42.5 Å². The molecule has 0 aromatic heterocycles. The SMILES string of the molecule is CCCP(=O)(CCC)Oc1ccc2ccccc2c1. The van der Waals surface area contributed by atoms with Gasteiger partial charge in [0.25, 0.3) is 0 Å². The van der Waals surface area contributed by atoms with E-state index < -0.39 is 7.37 Å². The summed E-state index contributed by atoms with van der Waals surface area (Å²) in [6.45, 7) is 4.10. The first-order chi connectivity index (χ1) is 9.17. The Balaban J connectivity index is 2.26. The van der Waals surface area contributed by atoms with Crippen molar-refractivity contribution in [2.75, 3.05) is 12.3 Å². The highest BCUT2D eigenvalue weighted by atomic mass is 31.2. The van der Waals surface area contributed by atoms with Crippen LogP contribution in [0, 0.1) is 0 Å². The fraction of sp³-hybridized carbons (Fsp3) is 0.375. The highest BCUT2D eigenvalue weighted by molar-refractivity contribution is 7.59. The van der Waals surface area contributed by atoms with Crippen LogP contribution in [-0.4, -0.2) is 12.3 Å². The van der Waals surface area contributed by atoms with Crippen molar-refractivity contribution in [2.45, 2.75) is 26.7 Å². The summed E-state index contributed by atoms with van der Waals surface area (Å²) in [4.78, 5) is 0. The Hall–Kier alpha value is -1.27. The third-order valence-electron chi connectivity index (χ3n) is 3.12. The van der Waals surface area contributed by atoms with Gasteiger partial charge < -0.3 is 4.52 Å². The van der Waals surface area contributed by atoms with E-state index in [0.29, 0.717) is 12.3 Å². The third kappa shape index (κ3) is 3.61. The Labute approximate surface area is 115 Å². The number of fused-ring (bicyclic) bond motifs is 1. The van der Waals surface area contributed by atoms with Crippen LogP contribution in [0.25, 0.3) is 10.8 Å². The van der Waals surface area contributed by atoms with E-state index in [2.05, 4.69) is 6.07 Å². The van der Waals surface area contributed by atoms with Gasteiger partial charge in [0.2, 0.25) is 7.37 Å². The van der Waals surface area contributed by atoms with Crippen LogP contribution in [0.2, 0.25) is 0 Å². The molecule has 0 bridgehead atoms. The molecule has 2 nitrogen and oxygen atoms in total. The molecule has 0 unspecified atom stereocenters. The second kappa shape index (κ2) is 6.25. The van der Waals surface area contributed by atoms with Gasteiger partial charge in [0.15, 0.2) is 0 Å². The molecule has 0 aliphatic rings. The maximum Gasteiger partial charge on any atom is 0.247 e. The lowest BCUT2D eigenvalue weighted by molar-refractivity contribution is 0.479. The molecule has 0 saturated carbocycles. The minimum atomic E-state index is -2.52. The van der Waals surface area contributed by atoms with E-state index in [4.69, 9.17) is 4.52 Å². The van der Waals surface area contributed by atoms with E-state index in [9.17, 15) is 4.57 Å². The van der Waals surface area contributed by atoms with Crippen LogP contribution >= 0.6 is 7.37 Å². The standard InChI is InChI=1S/C16H21O2P/c1-3-11-19(17,12-4-2)18-16-10-9-14-7-5-6-8-15(14)13-16/h5-10,13H,3-4,11-12H2,1-2H3. The van der Waals surface area contributed by atoms with E-state index in [1.54, 1.807) is 0 Å². The maximum atomic E-state index is 12.7. The molecule has 19 heavy (non-hydrogen) atoms. The van der Waals surface area contributed by atoms with Gasteiger partial charge in [0, 0.05) is 12.3 Å². The minimum absolute atomic E-state index is 0.660. The molecule has 0 fully saturated rings. The predicted octanol–water partition coefficient (Wildman–Crippen LogP) is 5.32. The van der Waals surface area contributed by atoms with Gasteiger partial charge in [-0.25, -0.2) is 0 Å². The molecule has 0 saturated heterocycles. The topological polar surface area (TPSA) is 26.3 Å². The smallest absolute Gasteiger partial charge is 0.247 e. The molecular formula is C16H21O2P. The lowest BCUT2D eigenvalue weighted by atomic mass is 10.1. The lowest BCUT2D eigenvalue weighted by Crippen LogP contribution is -2.01. The van der Waals surface area contributed by atoms with Gasteiger partial charge in [0.05, 0.1) is 0 Å². The van der Waals surface area contributed by atoms with Gasteiger partial charge in [-0.1, -0.05) is 44.2 Å². The minimum Gasteiger partial charge on any atom is -0.443 e. The first-order valence-electron chi connectivity index (χ1n) is 6.93. The van der Waals surface area contributed by atoms with Gasteiger partial charge >= 0.3 is 0 Å². The van der Waals surface area contributed by atoms with Crippen molar-refractivity contribution >= 4 is 18.1 Å². The van der Waals surface area contributed by atoms with Gasteiger partial charge in [0.1, 0.15) is 5.75 Å². The molecule has 0 heterocycles. The quantitative estimate of drug-likeness (QED) is 0.668. The summed E-state index contributed by atoms with van der Waals surface area (Å²) in [7, 11) is -2.52. The van der Waals surface area contributed by atoms with E-state index in [0.717, 1.165) is 24.0 Å². The summed E-state index contributed by atoms with van der Waals surface area (Å²) in [6, 6.07) is 14.1. The van der Waals surface area contributed by atoms with Crippen LogP contribution in [0.1, 0.15) is 26.7 Å². The van der Waals surface area contributed by atoms with Crippen LogP contribution in [0.3, 0.4) is 0 Å². The summed E-state index contributed by atoms with van der Waals surface area (Å²) >= 11 is 0. The second-order valence-corrected chi connectivity index (χ2v) is 7.57. The molecule has 0 aliphatic heterocycles. The molecular weight excluding hydrogens is 255 g/mol. The fourth-order valence-corrected chi connectivity index (χ4v) is 4.57. The van der Waals surface area contributed by atoms with E-state index in [-0.39, 0.29) is 0 Å². The fourth-order valence-electron chi connectivity index (χ4n) is 2.30. The summed E-state index contributed by atoms with van der Waals surface area (Å²) in [6.07, 6.45) is 3.11. The van der Waals surface area contributed by atoms with Crippen LogP contribution in [0.15, 0.2) is 42.5 Å². The third-order valence-corrected chi connectivity index (χ3v) is 5.92. The first kappa shape index (κ1) is 14.1. The highest BCUT2D eigenvalue weighted by Gasteiger charge is 2.22. The van der Waals surface area contributed by atoms with E-state index in [1.165, 1.54) is 5.39 Å². The van der Waals surface area contributed by atoms with Gasteiger partial charge in [-0.2, -0.15) is 0 Å². The van der Waals surface area contributed by atoms with Crippen molar-refractivity contribution in [2.24, 2.45) is 0 Å². The van der Waals surface area contributed by atoms with E-state index >= 15 is 0 Å². The second-order valence-electron chi connectivity index (χ2n) is 4.86. The molecule has 2 rings (SSSR count). The summed E-state index contributed by atoms with van der Waals surface area (Å²) < 4.78 is 18.5. The number of hydrogen-bond donors (Lipinski definition) is 0. The van der Waals surface area contributed by atoms with Crippen molar-refractivity contribution in [3.8, 4) is 5.75 Å². The molecule has 0 aliphatic carbocycles. The zero-order valence-electron chi connectivity index (χ0n) is 11.6. The van der Waals surface area contributed by atoms with Crippen molar-refractivity contribution in [1.82, 2.24) is 0 Å².